The first kappa shape index (κ1) is 23.2. The Hall–Kier alpha value is -3.95. The van der Waals surface area contributed by atoms with Crippen LogP contribution in [0.1, 0.15) is 27.5 Å². The standard InChI is InChI=1S/C24H20ClN5O3S/c1-13-6-5-9-16(25)19(13)28-22(32)15-10-11-17-18(12-15)34-24(27-17)30-23(33)29-20(21(26)31)14-7-3-2-4-8-14/h2-12,20H,1H3,(H2,26,31)(H,28,32)(H2,27,29,30,33). The summed E-state index contributed by atoms with van der Waals surface area (Å²) in [6.45, 7) is 1.86. The van der Waals surface area contributed by atoms with Gasteiger partial charge in [-0.25, -0.2) is 9.78 Å². The average molecular weight is 494 g/mol. The van der Waals surface area contributed by atoms with Crippen molar-refractivity contribution in [2.45, 2.75) is 13.0 Å². The van der Waals surface area contributed by atoms with Gasteiger partial charge in [0.25, 0.3) is 5.91 Å². The van der Waals surface area contributed by atoms with Crippen molar-refractivity contribution in [3.63, 3.8) is 0 Å². The second-order valence-corrected chi connectivity index (χ2v) is 8.87. The van der Waals surface area contributed by atoms with Crippen LogP contribution in [0, 0.1) is 6.92 Å². The molecule has 0 aliphatic rings. The molecule has 4 amide bonds. The fourth-order valence-corrected chi connectivity index (χ4v) is 4.49. The van der Waals surface area contributed by atoms with E-state index in [0.717, 1.165) is 5.56 Å². The molecular formula is C24H20ClN5O3S. The van der Waals surface area contributed by atoms with Crippen molar-refractivity contribution in [2.75, 3.05) is 10.6 Å². The van der Waals surface area contributed by atoms with Crippen molar-refractivity contribution in [2.24, 2.45) is 5.73 Å². The molecule has 1 unspecified atom stereocenters. The lowest BCUT2D eigenvalue weighted by atomic mass is 10.1. The van der Waals surface area contributed by atoms with E-state index in [1.807, 2.05) is 19.1 Å². The monoisotopic (exact) mass is 493 g/mol. The summed E-state index contributed by atoms with van der Waals surface area (Å²) in [6.07, 6.45) is 0. The smallest absolute Gasteiger partial charge is 0.321 e. The number of hydrogen-bond acceptors (Lipinski definition) is 5. The molecule has 0 saturated carbocycles. The quantitative estimate of drug-likeness (QED) is 0.306. The van der Waals surface area contributed by atoms with Gasteiger partial charge in [-0.05, 0) is 42.3 Å². The van der Waals surface area contributed by atoms with Crippen molar-refractivity contribution in [1.82, 2.24) is 10.3 Å². The third-order valence-electron chi connectivity index (χ3n) is 5.02. The number of primary amides is 1. The number of fused-ring (bicyclic) bond motifs is 1. The van der Waals surface area contributed by atoms with Gasteiger partial charge in [-0.1, -0.05) is 65.4 Å². The molecule has 1 heterocycles. The number of aryl methyl sites for hydroxylation is 1. The fraction of sp³-hybridized carbons (Fsp3) is 0.0833. The van der Waals surface area contributed by atoms with Crippen LogP contribution in [-0.4, -0.2) is 22.8 Å². The molecular weight excluding hydrogens is 474 g/mol. The molecule has 172 valence electrons. The molecule has 3 aromatic carbocycles. The summed E-state index contributed by atoms with van der Waals surface area (Å²) >= 11 is 7.40. The average Bonchev–Trinajstić information content (AvgIpc) is 3.21. The largest absolute Gasteiger partial charge is 0.368 e. The Balaban J connectivity index is 1.48. The molecule has 4 rings (SSSR count). The number of nitrogens with zero attached hydrogens (tertiary/aromatic N) is 1. The van der Waals surface area contributed by atoms with Gasteiger partial charge in [0.15, 0.2) is 5.13 Å². The van der Waals surface area contributed by atoms with Gasteiger partial charge in [-0.15, -0.1) is 0 Å². The van der Waals surface area contributed by atoms with Crippen LogP contribution in [0.2, 0.25) is 5.02 Å². The zero-order chi connectivity index (χ0) is 24.2. The molecule has 0 bridgehead atoms. The molecule has 8 nitrogen and oxygen atoms in total. The lowest BCUT2D eigenvalue weighted by Crippen LogP contribution is -2.39. The van der Waals surface area contributed by atoms with Gasteiger partial charge in [0.1, 0.15) is 6.04 Å². The summed E-state index contributed by atoms with van der Waals surface area (Å²) < 4.78 is 0.702. The number of aromatic nitrogens is 1. The number of carbonyl (C=O) groups is 3. The first-order chi connectivity index (χ1) is 16.3. The second kappa shape index (κ2) is 9.90. The van der Waals surface area contributed by atoms with Crippen LogP contribution in [0.3, 0.4) is 0 Å². The normalized spacial score (nSPS) is 11.6. The van der Waals surface area contributed by atoms with Crippen LogP contribution in [0.25, 0.3) is 10.2 Å². The van der Waals surface area contributed by atoms with Gasteiger partial charge in [-0.2, -0.15) is 0 Å². The van der Waals surface area contributed by atoms with Crippen LogP contribution >= 0.6 is 22.9 Å². The highest BCUT2D eigenvalue weighted by atomic mass is 35.5. The van der Waals surface area contributed by atoms with Crippen LogP contribution in [0.15, 0.2) is 66.7 Å². The predicted molar refractivity (Wildman–Crippen MR) is 134 cm³/mol. The minimum Gasteiger partial charge on any atom is -0.368 e. The van der Waals surface area contributed by atoms with Crippen molar-refractivity contribution < 1.29 is 14.4 Å². The Labute approximate surface area is 204 Å². The van der Waals surface area contributed by atoms with Gasteiger partial charge in [-0.3, -0.25) is 14.9 Å². The maximum atomic E-state index is 12.8. The van der Waals surface area contributed by atoms with Gasteiger partial charge in [0.05, 0.1) is 20.9 Å². The molecule has 10 heteroatoms. The van der Waals surface area contributed by atoms with Crippen LogP contribution < -0.4 is 21.7 Å². The molecule has 5 N–H and O–H groups in total. The van der Waals surface area contributed by atoms with Crippen LogP contribution in [0.4, 0.5) is 15.6 Å². The number of rotatable bonds is 6. The Morgan fingerprint density at radius 2 is 1.76 bits per heavy atom. The van der Waals surface area contributed by atoms with E-state index in [2.05, 4.69) is 20.9 Å². The van der Waals surface area contributed by atoms with Gasteiger partial charge >= 0.3 is 6.03 Å². The van der Waals surface area contributed by atoms with Gasteiger partial charge in [0, 0.05) is 5.56 Å². The van der Waals surface area contributed by atoms with E-state index in [1.54, 1.807) is 54.6 Å². The van der Waals surface area contributed by atoms with E-state index in [4.69, 9.17) is 17.3 Å². The van der Waals surface area contributed by atoms with Crippen molar-refractivity contribution in [3.05, 3.63) is 88.4 Å². The first-order valence-corrected chi connectivity index (χ1v) is 11.4. The third kappa shape index (κ3) is 5.16. The lowest BCUT2D eigenvalue weighted by molar-refractivity contribution is -0.119. The Kier molecular flexibility index (Phi) is 6.76. The number of anilines is 2. The Bertz CT molecular complexity index is 1370. The fourth-order valence-electron chi connectivity index (χ4n) is 3.32. The van der Waals surface area contributed by atoms with E-state index in [-0.39, 0.29) is 5.91 Å². The highest BCUT2D eigenvalue weighted by Gasteiger charge is 2.21. The minimum atomic E-state index is -0.987. The maximum Gasteiger partial charge on any atom is 0.321 e. The Morgan fingerprint density at radius 1 is 1.00 bits per heavy atom. The van der Waals surface area contributed by atoms with Crippen molar-refractivity contribution in [3.8, 4) is 0 Å². The lowest BCUT2D eigenvalue weighted by Gasteiger charge is -2.15. The van der Waals surface area contributed by atoms with Crippen LogP contribution in [0.5, 0.6) is 0 Å². The number of amides is 4. The number of benzene rings is 3. The number of hydrogen-bond donors (Lipinski definition) is 4. The summed E-state index contributed by atoms with van der Waals surface area (Å²) in [4.78, 5) is 41.4. The molecule has 0 fully saturated rings. The zero-order valence-corrected chi connectivity index (χ0v) is 19.5. The molecule has 0 spiro atoms. The number of halogens is 1. The highest BCUT2D eigenvalue weighted by Crippen LogP contribution is 2.29. The molecule has 1 aromatic heterocycles. The molecule has 0 aliphatic heterocycles. The Morgan fingerprint density at radius 3 is 2.47 bits per heavy atom. The summed E-state index contributed by atoms with van der Waals surface area (Å²) in [7, 11) is 0. The zero-order valence-electron chi connectivity index (χ0n) is 18.0. The minimum absolute atomic E-state index is 0.309. The summed E-state index contributed by atoms with van der Waals surface area (Å²) in [5.74, 6) is -0.999. The SMILES string of the molecule is Cc1cccc(Cl)c1NC(=O)c1ccc2nc(NC(=O)NC(C(N)=O)c3ccccc3)sc2c1. The maximum absolute atomic E-state index is 12.8. The van der Waals surface area contributed by atoms with Crippen molar-refractivity contribution >= 4 is 61.8 Å². The van der Waals surface area contributed by atoms with E-state index in [0.29, 0.717) is 37.2 Å². The number of para-hydroxylation sites is 1. The van der Waals surface area contributed by atoms with Gasteiger partial charge < -0.3 is 16.4 Å². The van der Waals surface area contributed by atoms with E-state index in [1.165, 1.54) is 11.3 Å². The molecule has 0 radical (unpaired) electrons. The first-order valence-electron chi connectivity index (χ1n) is 10.2. The number of nitrogens with two attached hydrogens (primary N) is 1. The van der Waals surface area contributed by atoms with E-state index < -0.39 is 18.0 Å². The molecule has 34 heavy (non-hydrogen) atoms. The number of nitrogens with one attached hydrogen (secondary N) is 3. The predicted octanol–water partition coefficient (Wildman–Crippen LogP) is 4.86. The van der Waals surface area contributed by atoms with E-state index >= 15 is 0 Å². The summed E-state index contributed by atoms with van der Waals surface area (Å²) in [5, 5.41) is 8.78. The van der Waals surface area contributed by atoms with Gasteiger partial charge in [0.2, 0.25) is 5.91 Å². The molecule has 4 aromatic rings. The number of thiazole rings is 1. The number of carbonyl (C=O) groups excluding carboxylic acids is 3. The van der Waals surface area contributed by atoms with Crippen molar-refractivity contribution in [1.29, 1.82) is 0 Å². The van der Waals surface area contributed by atoms with E-state index in [9.17, 15) is 14.4 Å². The summed E-state index contributed by atoms with van der Waals surface area (Å²) in [6, 6.07) is 17.5. The third-order valence-corrected chi connectivity index (χ3v) is 6.27. The summed E-state index contributed by atoms with van der Waals surface area (Å²) in [5.41, 5.74) is 8.45. The molecule has 0 aliphatic carbocycles. The van der Waals surface area contributed by atoms with Crippen LogP contribution in [-0.2, 0) is 4.79 Å². The molecule has 1 atom stereocenters. The topological polar surface area (TPSA) is 126 Å². The second-order valence-electron chi connectivity index (χ2n) is 7.43. The molecule has 0 saturated heterocycles. The number of urea groups is 1. The highest BCUT2D eigenvalue weighted by molar-refractivity contribution is 7.22.